The summed E-state index contributed by atoms with van der Waals surface area (Å²) in [5, 5.41) is 11.7. The zero-order valence-corrected chi connectivity index (χ0v) is 11.7. The van der Waals surface area contributed by atoms with Crippen LogP contribution in [0.3, 0.4) is 0 Å². The molecule has 0 bridgehead atoms. The molecule has 4 nitrogen and oxygen atoms in total. The summed E-state index contributed by atoms with van der Waals surface area (Å²) in [6.07, 6.45) is 3.49. The Morgan fingerprint density at radius 3 is 2.70 bits per heavy atom. The van der Waals surface area contributed by atoms with Crippen molar-refractivity contribution in [2.24, 2.45) is 0 Å². The number of allylic oxidation sites excluding steroid dienone is 2. The average Bonchev–Trinajstić information content (AvgIpc) is 2.46. The quantitative estimate of drug-likeness (QED) is 0.373. The molecule has 0 aliphatic carbocycles. The average molecular weight is 270 g/mol. The number of ether oxygens (including phenoxy) is 1. The van der Waals surface area contributed by atoms with E-state index in [0.717, 1.165) is 11.1 Å². The summed E-state index contributed by atoms with van der Waals surface area (Å²) in [5.41, 5.74) is 1.96. The molecule has 0 aliphatic rings. The summed E-state index contributed by atoms with van der Waals surface area (Å²) in [6, 6.07) is 11.6. The van der Waals surface area contributed by atoms with Crippen molar-refractivity contribution in [3.8, 4) is 6.07 Å². The Kier molecular flexibility index (Phi) is 6.80. The number of hydrogen-bond acceptors (Lipinski definition) is 3. The number of carbonyl (C=O) groups is 1. The molecular formula is C16H18N2O2. The molecule has 0 spiro atoms. The van der Waals surface area contributed by atoms with Gasteiger partial charge in [-0.3, -0.25) is 4.79 Å². The zero-order valence-electron chi connectivity index (χ0n) is 11.7. The van der Waals surface area contributed by atoms with Gasteiger partial charge in [0.15, 0.2) is 0 Å². The van der Waals surface area contributed by atoms with Crippen molar-refractivity contribution in [2.75, 3.05) is 20.3 Å². The van der Waals surface area contributed by atoms with Gasteiger partial charge in [0.25, 0.3) is 5.91 Å². The molecule has 4 heteroatoms. The lowest BCUT2D eigenvalue weighted by molar-refractivity contribution is -0.117. The Morgan fingerprint density at radius 2 is 2.10 bits per heavy atom. The molecule has 1 N–H and O–H groups in total. The SMILES string of the molecule is COCCNC(=O)/C(C#N)=C/C(C)=C\c1ccccc1. The summed E-state index contributed by atoms with van der Waals surface area (Å²) in [4.78, 5) is 11.8. The van der Waals surface area contributed by atoms with Gasteiger partial charge in [-0.25, -0.2) is 0 Å². The summed E-state index contributed by atoms with van der Waals surface area (Å²) in [6.45, 7) is 2.66. The van der Waals surface area contributed by atoms with Crippen molar-refractivity contribution in [3.05, 3.63) is 53.1 Å². The molecule has 1 amide bonds. The van der Waals surface area contributed by atoms with Gasteiger partial charge >= 0.3 is 0 Å². The van der Waals surface area contributed by atoms with Crippen LogP contribution in [0.1, 0.15) is 12.5 Å². The molecule has 0 aliphatic heterocycles. The highest BCUT2D eigenvalue weighted by molar-refractivity contribution is 5.97. The Labute approximate surface area is 119 Å². The molecule has 0 aromatic heterocycles. The molecule has 20 heavy (non-hydrogen) atoms. The second-order valence-corrected chi connectivity index (χ2v) is 4.22. The second kappa shape index (κ2) is 8.68. The molecule has 0 radical (unpaired) electrons. The van der Waals surface area contributed by atoms with Crippen LogP contribution in [0.4, 0.5) is 0 Å². The van der Waals surface area contributed by atoms with E-state index in [9.17, 15) is 4.79 Å². The van der Waals surface area contributed by atoms with E-state index in [2.05, 4.69) is 5.32 Å². The number of methoxy groups -OCH3 is 1. The molecule has 1 rings (SSSR count). The summed E-state index contributed by atoms with van der Waals surface area (Å²) in [5.74, 6) is -0.384. The third-order valence-corrected chi connectivity index (χ3v) is 2.52. The van der Waals surface area contributed by atoms with E-state index in [4.69, 9.17) is 10.00 Å². The predicted octanol–water partition coefficient (Wildman–Crippen LogP) is 2.30. The van der Waals surface area contributed by atoms with Gasteiger partial charge in [0.2, 0.25) is 0 Å². The first-order valence-electron chi connectivity index (χ1n) is 6.29. The monoisotopic (exact) mass is 270 g/mol. The lowest BCUT2D eigenvalue weighted by Crippen LogP contribution is -2.27. The summed E-state index contributed by atoms with van der Waals surface area (Å²) < 4.78 is 4.84. The Balaban J connectivity index is 2.76. The maximum absolute atomic E-state index is 11.8. The minimum absolute atomic E-state index is 0.0887. The Morgan fingerprint density at radius 1 is 1.40 bits per heavy atom. The Bertz CT molecular complexity index is 539. The van der Waals surface area contributed by atoms with Crippen LogP contribution in [-0.2, 0) is 9.53 Å². The first-order chi connectivity index (χ1) is 9.67. The number of carbonyl (C=O) groups excluding carboxylic acids is 1. The van der Waals surface area contributed by atoms with Gasteiger partial charge < -0.3 is 10.1 Å². The highest BCUT2D eigenvalue weighted by atomic mass is 16.5. The number of nitriles is 1. The first-order valence-corrected chi connectivity index (χ1v) is 6.29. The van der Waals surface area contributed by atoms with Crippen LogP contribution >= 0.6 is 0 Å². The van der Waals surface area contributed by atoms with E-state index < -0.39 is 0 Å². The molecule has 0 atom stereocenters. The van der Waals surface area contributed by atoms with Gasteiger partial charge in [-0.1, -0.05) is 36.4 Å². The molecule has 0 saturated carbocycles. The third-order valence-electron chi connectivity index (χ3n) is 2.52. The summed E-state index contributed by atoms with van der Waals surface area (Å²) in [7, 11) is 1.56. The van der Waals surface area contributed by atoms with Crippen molar-refractivity contribution >= 4 is 12.0 Å². The van der Waals surface area contributed by atoms with Gasteiger partial charge in [0, 0.05) is 13.7 Å². The molecular weight excluding hydrogens is 252 g/mol. The van der Waals surface area contributed by atoms with E-state index >= 15 is 0 Å². The van der Waals surface area contributed by atoms with E-state index in [1.54, 1.807) is 13.2 Å². The molecule has 1 aromatic rings. The number of nitrogens with one attached hydrogen (secondary N) is 1. The van der Waals surface area contributed by atoms with Crippen LogP contribution < -0.4 is 5.32 Å². The first kappa shape index (κ1) is 15.7. The van der Waals surface area contributed by atoms with Crippen LogP contribution in [0.25, 0.3) is 6.08 Å². The normalized spacial score (nSPS) is 11.8. The fraction of sp³-hybridized carbons (Fsp3) is 0.250. The minimum Gasteiger partial charge on any atom is -0.383 e. The zero-order chi connectivity index (χ0) is 14.8. The lowest BCUT2D eigenvalue weighted by Gasteiger charge is -2.03. The van der Waals surface area contributed by atoms with E-state index in [1.165, 1.54) is 0 Å². The largest absolute Gasteiger partial charge is 0.383 e. The van der Waals surface area contributed by atoms with Crippen molar-refractivity contribution < 1.29 is 9.53 Å². The second-order valence-electron chi connectivity index (χ2n) is 4.22. The fourth-order valence-corrected chi connectivity index (χ4v) is 1.59. The standard InChI is InChI=1S/C16H18N2O2/c1-13(10-14-6-4-3-5-7-14)11-15(12-17)16(19)18-8-9-20-2/h3-7,10-11H,8-9H2,1-2H3,(H,18,19)/b13-10-,15-11+. The number of nitrogens with zero attached hydrogens (tertiary/aromatic N) is 1. The molecule has 0 fully saturated rings. The lowest BCUT2D eigenvalue weighted by atomic mass is 10.1. The molecule has 0 saturated heterocycles. The summed E-state index contributed by atoms with van der Waals surface area (Å²) >= 11 is 0. The highest BCUT2D eigenvalue weighted by Crippen LogP contribution is 2.09. The van der Waals surface area contributed by atoms with Crippen molar-refractivity contribution in [2.45, 2.75) is 6.92 Å². The third kappa shape index (κ3) is 5.51. The fourth-order valence-electron chi connectivity index (χ4n) is 1.59. The number of rotatable bonds is 6. The number of benzene rings is 1. The highest BCUT2D eigenvalue weighted by Gasteiger charge is 2.07. The number of amides is 1. The van der Waals surface area contributed by atoms with Crippen LogP contribution in [0.15, 0.2) is 47.6 Å². The number of hydrogen-bond donors (Lipinski definition) is 1. The van der Waals surface area contributed by atoms with E-state index in [-0.39, 0.29) is 11.5 Å². The Hall–Kier alpha value is -2.38. The van der Waals surface area contributed by atoms with E-state index in [0.29, 0.717) is 13.2 Å². The topological polar surface area (TPSA) is 62.1 Å². The van der Waals surface area contributed by atoms with Crippen molar-refractivity contribution in [1.29, 1.82) is 5.26 Å². The van der Waals surface area contributed by atoms with Gasteiger partial charge in [0.1, 0.15) is 11.6 Å². The van der Waals surface area contributed by atoms with Gasteiger partial charge in [0.05, 0.1) is 6.61 Å². The van der Waals surface area contributed by atoms with E-state index in [1.807, 2.05) is 49.4 Å². The van der Waals surface area contributed by atoms with Crippen LogP contribution in [-0.4, -0.2) is 26.2 Å². The van der Waals surface area contributed by atoms with Gasteiger partial charge in [-0.05, 0) is 24.1 Å². The molecule has 104 valence electrons. The van der Waals surface area contributed by atoms with Crippen LogP contribution in [0.2, 0.25) is 0 Å². The molecule has 0 unspecified atom stereocenters. The van der Waals surface area contributed by atoms with Crippen LogP contribution in [0.5, 0.6) is 0 Å². The van der Waals surface area contributed by atoms with Crippen LogP contribution in [0, 0.1) is 11.3 Å². The molecule has 0 heterocycles. The maximum Gasteiger partial charge on any atom is 0.262 e. The van der Waals surface area contributed by atoms with Gasteiger partial charge in [-0.15, -0.1) is 0 Å². The van der Waals surface area contributed by atoms with Crippen molar-refractivity contribution in [3.63, 3.8) is 0 Å². The smallest absolute Gasteiger partial charge is 0.262 e. The maximum atomic E-state index is 11.8. The molecule has 1 aromatic carbocycles. The minimum atomic E-state index is -0.384. The predicted molar refractivity (Wildman–Crippen MR) is 78.7 cm³/mol. The van der Waals surface area contributed by atoms with Crippen molar-refractivity contribution in [1.82, 2.24) is 5.32 Å². The van der Waals surface area contributed by atoms with Gasteiger partial charge in [-0.2, -0.15) is 5.26 Å².